The fraction of sp³-hybridized carbons (Fsp3) is 0.833. The first-order chi connectivity index (χ1) is 8.36. The molecule has 0 radical (unpaired) electrons. The Kier molecular flexibility index (Phi) is 4.70. The van der Waals surface area contributed by atoms with E-state index in [0.29, 0.717) is 19.8 Å². The fourth-order valence-corrected chi connectivity index (χ4v) is 2.22. The van der Waals surface area contributed by atoms with E-state index < -0.39 is 11.5 Å². The molecule has 0 saturated carbocycles. The van der Waals surface area contributed by atoms with Crippen molar-refractivity contribution in [3.05, 3.63) is 0 Å². The molecule has 0 spiro atoms. The fourth-order valence-electron chi connectivity index (χ4n) is 2.22. The SMILES string of the molecule is CCN(C(=O)C1COCC1NC)C(C)(C)C(=O)O. The first kappa shape index (κ1) is 14.9. The van der Waals surface area contributed by atoms with Crippen LogP contribution in [0.1, 0.15) is 20.8 Å². The van der Waals surface area contributed by atoms with Crippen molar-refractivity contribution in [2.75, 3.05) is 26.8 Å². The molecule has 1 fully saturated rings. The lowest BCUT2D eigenvalue weighted by atomic mass is 9.96. The lowest BCUT2D eigenvalue weighted by Crippen LogP contribution is -2.56. The van der Waals surface area contributed by atoms with Gasteiger partial charge in [0.25, 0.3) is 0 Å². The average Bonchev–Trinajstić information content (AvgIpc) is 2.77. The number of aliphatic carboxylic acids is 1. The summed E-state index contributed by atoms with van der Waals surface area (Å²) in [6.45, 7) is 6.06. The van der Waals surface area contributed by atoms with E-state index in [1.807, 2.05) is 0 Å². The first-order valence-electron chi connectivity index (χ1n) is 6.16. The molecular formula is C12H22N2O4. The van der Waals surface area contributed by atoms with E-state index in [9.17, 15) is 14.7 Å². The molecule has 2 N–H and O–H groups in total. The highest BCUT2D eigenvalue weighted by Gasteiger charge is 2.43. The third-order valence-electron chi connectivity index (χ3n) is 3.55. The molecule has 6 nitrogen and oxygen atoms in total. The zero-order valence-corrected chi connectivity index (χ0v) is 11.4. The second kappa shape index (κ2) is 5.67. The van der Waals surface area contributed by atoms with Crippen LogP contribution in [0.4, 0.5) is 0 Å². The first-order valence-corrected chi connectivity index (χ1v) is 6.16. The maximum atomic E-state index is 12.4. The number of ether oxygens (including phenoxy) is 1. The van der Waals surface area contributed by atoms with Gasteiger partial charge in [0.1, 0.15) is 5.54 Å². The Morgan fingerprint density at radius 2 is 2.06 bits per heavy atom. The predicted molar refractivity (Wildman–Crippen MR) is 66.3 cm³/mol. The van der Waals surface area contributed by atoms with Crippen molar-refractivity contribution in [2.24, 2.45) is 5.92 Å². The number of nitrogens with zero attached hydrogens (tertiary/aromatic N) is 1. The summed E-state index contributed by atoms with van der Waals surface area (Å²) in [5, 5.41) is 12.3. The van der Waals surface area contributed by atoms with Crippen molar-refractivity contribution in [2.45, 2.75) is 32.4 Å². The van der Waals surface area contributed by atoms with Crippen LogP contribution in [0.3, 0.4) is 0 Å². The molecule has 1 rings (SSSR count). The molecule has 1 aliphatic heterocycles. The Bertz CT molecular complexity index is 330. The molecule has 1 saturated heterocycles. The predicted octanol–water partition coefficient (Wildman–Crippen LogP) is -0.0675. The van der Waals surface area contributed by atoms with Crippen LogP contribution in [0.5, 0.6) is 0 Å². The third-order valence-corrected chi connectivity index (χ3v) is 3.55. The number of rotatable bonds is 5. The molecule has 1 heterocycles. The van der Waals surface area contributed by atoms with Gasteiger partial charge in [0.2, 0.25) is 5.91 Å². The quantitative estimate of drug-likeness (QED) is 0.722. The van der Waals surface area contributed by atoms with Gasteiger partial charge in [-0.3, -0.25) is 4.79 Å². The molecule has 0 aromatic heterocycles. The van der Waals surface area contributed by atoms with Crippen LogP contribution >= 0.6 is 0 Å². The largest absolute Gasteiger partial charge is 0.480 e. The number of carboxylic acid groups (broad SMARTS) is 1. The average molecular weight is 258 g/mol. The Balaban J connectivity index is 2.89. The normalized spacial score (nSPS) is 24.0. The van der Waals surface area contributed by atoms with Gasteiger partial charge in [-0.25, -0.2) is 4.79 Å². The van der Waals surface area contributed by atoms with Gasteiger partial charge in [-0.15, -0.1) is 0 Å². The van der Waals surface area contributed by atoms with Crippen LogP contribution < -0.4 is 5.32 Å². The van der Waals surface area contributed by atoms with Crippen molar-refractivity contribution in [1.82, 2.24) is 10.2 Å². The van der Waals surface area contributed by atoms with Gasteiger partial charge in [-0.1, -0.05) is 0 Å². The molecule has 0 aromatic rings. The second-order valence-corrected chi connectivity index (χ2v) is 4.99. The van der Waals surface area contributed by atoms with Gasteiger partial charge < -0.3 is 20.1 Å². The lowest BCUT2D eigenvalue weighted by Gasteiger charge is -2.36. The van der Waals surface area contributed by atoms with Gasteiger partial charge >= 0.3 is 5.97 Å². The van der Waals surface area contributed by atoms with Gasteiger partial charge in [-0.05, 0) is 27.8 Å². The maximum absolute atomic E-state index is 12.4. The molecule has 2 unspecified atom stereocenters. The number of likely N-dealkylation sites (N-methyl/N-ethyl adjacent to an activating group) is 2. The van der Waals surface area contributed by atoms with Crippen molar-refractivity contribution in [3.8, 4) is 0 Å². The molecule has 1 amide bonds. The van der Waals surface area contributed by atoms with Crippen LogP contribution in [0, 0.1) is 5.92 Å². The number of hydrogen-bond donors (Lipinski definition) is 2. The highest BCUT2D eigenvalue weighted by molar-refractivity contribution is 5.88. The zero-order valence-electron chi connectivity index (χ0n) is 11.4. The van der Waals surface area contributed by atoms with Crippen molar-refractivity contribution < 1.29 is 19.4 Å². The zero-order chi connectivity index (χ0) is 13.9. The summed E-state index contributed by atoms with van der Waals surface area (Å²) in [6, 6.07) is -0.0452. The summed E-state index contributed by atoms with van der Waals surface area (Å²) in [7, 11) is 1.78. The summed E-state index contributed by atoms with van der Waals surface area (Å²) in [5.74, 6) is -1.48. The number of hydrogen-bond acceptors (Lipinski definition) is 4. The van der Waals surface area contributed by atoms with E-state index in [-0.39, 0.29) is 17.9 Å². The molecule has 0 aliphatic carbocycles. The molecule has 2 atom stereocenters. The van der Waals surface area contributed by atoms with E-state index in [1.165, 1.54) is 4.90 Å². The third kappa shape index (κ3) is 2.64. The van der Waals surface area contributed by atoms with Gasteiger partial charge in [0.15, 0.2) is 0 Å². The molecule has 18 heavy (non-hydrogen) atoms. The van der Waals surface area contributed by atoms with Crippen LogP contribution in [-0.4, -0.2) is 60.3 Å². The smallest absolute Gasteiger partial charge is 0.329 e. The van der Waals surface area contributed by atoms with Gasteiger partial charge in [0.05, 0.1) is 19.1 Å². The van der Waals surface area contributed by atoms with E-state index in [1.54, 1.807) is 27.8 Å². The van der Waals surface area contributed by atoms with Crippen LogP contribution in [0.2, 0.25) is 0 Å². The topological polar surface area (TPSA) is 78.9 Å². The molecule has 0 bridgehead atoms. The van der Waals surface area contributed by atoms with Crippen molar-refractivity contribution in [1.29, 1.82) is 0 Å². The summed E-state index contributed by atoms with van der Waals surface area (Å²) in [6.07, 6.45) is 0. The minimum absolute atomic E-state index is 0.0452. The summed E-state index contributed by atoms with van der Waals surface area (Å²) >= 11 is 0. The highest BCUT2D eigenvalue weighted by Crippen LogP contribution is 2.22. The van der Waals surface area contributed by atoms with Crippen LogP contribution in [0.15, 0.2) is 0 Å². The molecule has 6 heteroatoms. The van der Waals surface area contributed by atoms with Gasteiger partial charge in [-0.2, -0.15) is 0 Å². The van der Waals surface area contributed by atoms with Gasteiger partial charge in [0, 0.05) is 12.6 Å². The van der Waals surface area contributed by atoms with Crippen molar-refractivity contribution >= 4 is 11.9 Å². The number of carbonyl (C=O) groups is 2. The summed E-state index contributed by atoms with van der Waals surface area (Å²) < 4.78 is 5.29. The number of carbonyl (C=O) groups excluding carboxylic acids is 1. The van der Waals surface area contributed by atoms with E-state index in [2.05, 4.69) is 5.32 Å². The maximum Gasteiger partial charge on any atom is 0.329 e. The highest BCUT2D eigenvalue weighted by atomic mass is 16.5. The Labute approximate surface area is 107 Å². The standard InChI is InChI=1S/C12H22N2O4/c1-5-14(12(2,3)11(16)17)10(15)8-6-18-7-9(8)13-4/h8-9,13H,5-7H2,1-4H3,(H,16,17). The van der Waals surface area contributed by atoms with E-state index in [0.717, 1.165) is 0 Å². The molecule has 0 aromatic carbocycles. The number of amides is 1. The molecular weight excluding hydrogens is 236 g/mol. The Morgan fingerprint density at radius 3 is 2.50 bits per heavy atom. The molecule has 104 valence electrons. The Morgan fingerprint density at radius 1 is 1.44 bits per heavy atom. The van der Waals surface area contributed by atoms with E-state index in [4.69, 9.17) is 4.74 Å². The Hall–Kier alpha value is -1.14. The second-order valence-electron chi connectivity index (χ2n) is 4.99. The van der Waals surface area contributed by atoms with Crippen LogP contribution in [0.25, 0.3) is 0 Å². The van der Waals surface area contributed by atoms with Crippen molar-refractivity contribution in [3.63, 3.8) is 0 Å². The van der Waals surface area contributed by atoms with E-state index >= 15 is 0 Å². The lowest BCUT2D eigenvalue weighted by molar-refractivity contribution is -0.158. The minimum atomic E-state index is -1.20. The monoisotopic (exact) mass is 258 g/mol. The summed E-state index contributed by atoms with van der Waals surface area (Å²) in [5.41, 5.74) is -1.20. The number of nitrogens with one attached hydrogen (secondary N) is 1. The minimum Gasteiger partial charge on any atom is -0.480 e. The molecule has 1 aliphatic rings. The number of carboxylic acids is 1. The van der Waals surface area contributed by atoms with Crippen LogP contribution in [-0.2, 0) is 14.3 Å². The summed E-state index contributed by atoms with van der Waals surface area (Å²) in [4.78, 5) is 25.1.